The Kier molecular flexibility index (Phi) is 5.09. The van der Waals surface area contributed by atoms with Gasteiger partial charge in [0, 0.05) is 18.8 Å². The minimum Gasteiger partial charge on any atom is -0.376 e. The van der Waals surface area contributed by atoms with Crippen LogP contribution < -0.4 is 0 Å². The molecule has 0 saturated heterocycles. The minimum absolute atomic E-state index is 1.09. The van der Waals surface area contributed by atoms with Crippen molar-refractivity contribution < 1.29 is 0 Å². The molecule has 0 aliphatic heterocycles. The van der Waals surface area contributed by atoms with Gasteiger partial charge in [-0.15, -0.1) is 0 Å². The lowest BCUT2D eigenvalue weighted by molar-refractivity contribution is 0.369. The van der Waals surface area contributed by atoms with Gasteiger partial charge in [-0.2, -0.15) is 0 Å². The fourth-order valence-corrected chi connectivity index (χ4v) is 1.12. The molecule has 0 atom stereocenters. The van der Waals surface area contributed by atoms with Gasteiger partial charge in [0.05, 0.1) is 0 Å². The second-order valence-corrected chi connectivity index (χ2v) is 2.49. The molecule has 0 fully saturated rings. The van der Waals surface area contributed by atoms with E-state index < -0.39 is 0 Å². The first-order chi connectivity index (χ1) is 4.76. The van der Waals surface area contributed by atoms with Gasteiger partial charge in [0.25, 0.3) is 0 Å². The Morgan fingerprint density at radius 2 is 1.70 bits per heavy atom. The predicted molar refractivity (Wildman–Crippen MR) is 47.0 cm³/mol. The average molecular weight is 141 g/mol. The zero-order chi connectivity index (χ0) is 7.98. The lowest BCUT2D eigenvalue weighted by Crippen LogP contribution is -2.21. The summed E-state index contributed by atoms with van der Waals surface area (Å²) in [7, 11) is 0. The Morgan fingerprint density at radius 3 is 2.00 bits per heavy atom. The van der Waals surface area contributed by atoms with Crippen molar-refractivity contribution >= 4 is 0 Å². The maximum atomic E-state index is 4.01. The molecule has 60 valence electrons. The van der Waals surface area contributed by atoms with Crippen molar-refractivity contribution in [2.45, 2.75) is 33.6 Å². The summed E-state index contributed by atoms with van der Waals surface area (Å²) in [6.45, 7) is 12.7. The summed E-state index contributed by atoms with van der Waals surface area (Å²) in [5.74, 6) is 0. The van der Waals surface area contributed by atoms with E-state index in [1.165, 1.54) is 12.1 Å². The van der Waals surface area contributed by atoms with Crippen LogP contribution >= 0.6 is 0 Å². The molecule has 0 radical (unpaired) electrons. The van der Waals surface area contributed by atoms with E-state index in [0.29, 0.717) is 0 Å². The highest BCUT2D eigenvalue weighted by molar-refractivity contribution is 4.92. The summed E-state index contributed by atoms with van der Waals surface area (Å²) >= 11 is 0. The smallest absolute Gasteiger partial charge is 0.0146 e. The summed E-state index contributed by atoms with van der Waals surface area (Å²) in [4.78, 5) is 2.31. The summed E-state index contributed by atoms with van der Waals surface area (Å²) in [5.41, 5.74) is 1.28. The second kappa shape index (κ2) is 5.33. The third-order valence-corrected chi connectivity index (χ3v) is 1.75. The molecule has 0 heterocycles. The second-order valence-electron chi connectivity index (χ2n) is 2.49. The first-order valence-electron chi connectivity index (χ1n) is 4.18. The van der Waals surface area contributed by atoms with E-state index in [4.69, 9.17) is 0 Å². The van der Waals surface area contributed by atoms with Crippen molar-refractivity contribution in [3.63, 3.8) is 0 Å². The van der Waals surface area contributed by atoms with Crippen molar-refractivity contribution in [1.29, 1.82) is 0 Å². The van der Waals surface area contributed by atoms with Crippen LogP contribution in [0, 0.1) is 0 Å². The Bertz CT molecular complexity index is 92.9. The fraction of sp³-hybridized carbons (Fsp3) is 0.778. The van der Waals surface area contributed by atoms with Crippen LogP contribution in [0.3, 0.4) is 0 Å². The van der Waals surface area contributed by atoms with E-state index in [-0.39, 0.29) is 0 Å². The molecular weight excluding hydrogens is 122 g/mol. The zero-order valence-electron chi connectivity index (χ0n) is 7.48. The number of hydrogen-bond donors (Lipinski definition) is 0. The SMILES string of the molecule is C=C(CCC)N(CC)CC. The van der Waals surface area contributed by atoms with Gasteiger partial charge >= 0.3 is 0 Å². The maximum Gasteiger partial charge on any atom is 0.0146 e. The van der Waals surface area contributed by atoms with Gasteiger partial charge < -0.3 is 4.90 Å². The quantitative estimate of drug-likeness (QED) is 0.569. The summed E-state index contributed by atoms with van der Waals surface area (Å²) in [5, 5.41) is 0. The highest BCUT2D eigenvalue weighted by Crippen LogP contribution is 2.07. The minimum atomic E-state index is 1.09. The van der Waals surface area contributed by atoms with Crippen molar-refractivity contribution in [1.82, 2.24) is 4.90 Å². The molecule has 1 heteroatoms. The number of hydrogen-bond acceptors (Lipinski definition) is 1. The Labute approximate surface area is 64.7 Å². The number of allylic oxidation sites excluding steroid dienone is 1. The molecule has 0 amide bonds. The Hall–Kier alpha value is -0.460. The van der Waals surface area contributed by atoms with E-state index in [2.05, 4.69) is 32.3 Å². The summed E-state index contributed by atoms with van der Waals surface area (Å²) < 4.78 is 0. The lowest BCUT2D eigenvalue weighted by atomic mass is 10.2. The van der Waals surface area contributed by atoms with E-state index >= 15 is 0 Å². The monoisotopic (exact) mass is 141 g/mol. The van der Waals surface area contributed by atoms with Crippen LogP contribution in [0.25, 0.3) is 0 Å². The van der Waals surface area contributed by atoms with Crippen LogP contribution in [0.15, 0.2) is 12.3 Å². The summed E-state index contributed by atoms with van der Waals surface area (Å²) in [6.07, 6.45) is 2.34. The molecule has 1 nitrogen and oxygen atoms in total. The molecule has 0 aromatic rings. The van der Waals surface area contributed by atoms with E-state index in [9.17, 15) is 0 Å². The van der Waals surface area contributed by atoms with Gasteiger partial charge in [-0.05, 0) is 20.3 Å². The maximum absolute atomic E-state index is 4.01. The molecule has 0 spiro atoms. The van der Waals surface area contributed by atoms with E-state index in [1.54, 1.807) is 0 Å². The molecule has 0 rings (SSSR count). The summed E-state index contributed by atoms with van der Waals surface area (Å²) in [6, 6.07) is 0. The van der Waals surface area contributed by atoms with Gasteiger partial charge in [-0.25, -0.2) is 0 Å². The van der Waals surface area contributed by atoms with Gasteiger partial charge in [0.1, 0.15) is 0 Å². The molecule has 0 aliphatic rings. The third-order valence-electron chi connectivity index (χ3n) is 1.75. The Morgan fingerprint density at radius 1 is 1.20 bits per heavy atom. The van der Waals surface area contributed by atoms with Crippen LogP contribution in [-0.4, -0.2) is 18.0 Å². The van der Waals surface area contributed by atoms with Gasteiger partial charge in [-0.3, -0.25) is 0 Å². The Balaban J connectivity index is 3.65. The highest BCUT2D eigenvalue weighted by Gasteiger charge is 1.99. The lowest BCUT2D eigenvalue weighted by Gasteiger charge is -2.22. The van der Waals surface area contributed by atoms with Crippen LogP contribution in [0.4, 0.5) is 0 Å². The molecule has 0 unspecified atom stereocenters. The van der Waals surface area contributed by atoms with Crippen LogP contribution in [0.1, 0.15) is 33.6 Å². The van der Waals surface area contributed by atoms with Crippen molar-refractivity contribution in [3.8, 4) is 0 Å². The largest absolute Gasteiger partial charge is 0.376 e. The van der Waals surface area contributed by atoms with Crippen LogP contribution in [0.5, 0.6) is 0 Å². The molecule has 0 N–H and O–H groups in total. The molecule has 0 bridgehead atoms. The topological polar surface area (TPSA) is 3.24 Å². The first kappa shape index (κ1) is 9.54. The van der Waals surface area contributed by atoms with E-state index in [1.807, 2.05) is 0 Å². The molecule has 0 aromatic carbocycles. The van der Waals surface area contributed by atoms with E-state index in [0.717, 1.165) is 19.5 Å². The average Bonchev–Trinajstić information content (AvgIpc) is 1.91. The van der Waals surface area contributed by atoms with Crippen molar-refractivity contribution in [2.75, 3.05) is 13.1 Å². The molecule has 0 aromatic heterocycles. The molecule has 0 saturated carbocycles. The normalized spacial score (nSPS) is 9.50. The van der Waals surface area contributed by atoms with Crippen molar-refractivity contribution in [3.05, 3.63) is 12.3 Å². The standard InChI is InChI=1S/C9H19N/c1-5-8-9(4)10(6-2)7-3/h4-8H2,1-3H3. The van der Waals surface area contributed by atoms with Gasteiger partial charge in [0.2, 0.25) is 0 Å². The molecule has 10 heavy (non-hydrogen) atoms. The van der Waals surface area contributed by atoms with Crippen LogP contribution in [0.2, 0.25) is 0 Å². The fourth-order valence-electron chi connectivity index (χ4n) is 1.12. The predicted octanol–water partition coefficient (Wildman–Crippen LogP) is 2.64. The molecular formula is C9H19N. The van der Waals surface area contributed by atoms with Crippen molar-refractivity contribution in [2.24, 2.45) is 0 Å². The third kappa shape index (κ3) is 2.90. The first-order valence-corrected chi connectivity index (χ1v) is 4.18. The van der Waals surface area contributed by atoms with Gasteiger partial charge in [0.15, 0.2) is 0 Å². The highest BCUT2D eigenvalue weighted by atomic mass is 15.1. The van der Waals surface area contributed by atoms with Gasteiger partial charge in [-0.1, -0.05) is 19.9 Å². The number of nitrogens with zero attached hydrogens (tertiary/aromatic N) is 1. The zero-order valence-corrected chi connectivity index (χ0v) is 7.48. The molecule has 0 aliphatic carbocycles. The number of rotatable bonds is 5. The van der Waals surface area contributed by atoms with Crippen LogP contribution in [-0.2, 0) is 0 Å².